The first-order chi connectivity index (χ1) is 9.77. The maximum atomic E-state index is 6.03. The Labute approximate surface area is 127 Å². The van der Waals surface area contributed by atoms with Gasteiger partial charge in [0.2, 0.25) is 0 Å². The number of ether oxygens (including phenoxy) is 1. The first-order valence-corrected chi connectivity index (χ1v) is 7.66. The number of hydrogen-bond acceptors (Lipinski definition) is 4. The molecule has 21 heavy (non-hydrogen) atoms. The van der Waals surface area contributed by atoms with Gasteiger partial charge in [0.1, 0.15) is 5.75 Å². The molecule has 0 saturated heterocycles. The Morgan fingerprint density at radius 1 is 1.29 bits per heavy atom. The molecule has 2 aliphatic heterocycles. The van der Waals surface area contributed by atoms with E-state index in [4.69, 9.17) is 4.74 Å². The monoisotopic (exact) mass is 287 g/mol. The minimum absolute atomic E-state index is 0.0521. The van der Waals surface area contributed by atoms with Crippen LogP contribution >= 0.6 is 0 Å². The summed E-state index contributed by atoms with van der Waals surface area (Å²) in [5.41, 5.74) is 7.16. The largest absolute Gasteiger partial charge is 0.492 e. The van der Waals surface area contributed by atoms with Crippen LogP contribution in [0.2, 0.25) is 0 Å². The molecule has 1 N–H and O–H groups in total. The summed E-state index contributed by atoms with van der Waals surface area (Å²) in [4.78, 5) is 0. The smallest absolute Gasteiger partial charge is 0.127 e. The molecule has 3 rings (SSSR count). The molecule has 2 heterocycles. The summed E-state index contributed by atoms with van der Waals surface area (Å²) in [6.45, 7) is 12.8. The summed E-state index contributed by atoms with van der Waals surface area (Å²) in [7, 11) is 0. The Kier molecular flexibility index (Phi) is 3.15. The normalized spacial score (nSPS) is 19.6. The molecule has 0 aromatic heterocycles. The molecule has 0 bridgehead atoms. The number of hydrazone groups is 1. The topological polar surface area (TPSA) is 36.9 Å². The number of nitrogens with zero attached hydrogens (tertiary/aromatic N) is 2. The van der Waals surface area contributed by atoms with Crippen LogP contribution in [0.1, 0.15) is 52.2 Å². The second-order valence-corrected chi connectivity index (χ2v) is 7.64. The molecule has 0 atom stereocenters. The lowest BCUT2D eigenvalue weighted by atomic mass is 9.80. The molecule has 0 saturated carbocycles. The van der Waals surface area contributed by atoms with E-state index >= 15 is 0 Å². The molecular weight excluding hydrogens is 262 g/mol. The summed E-state index contributed by atoms with van der Waals surface area (Å²) < 4.78 is 6.03. The van der Waals surface area contributed by atoms with Crippen molar-refractivity contribution in [3.05, 3.63) is 23.3 Å². The van der Waals surface area contributed by atoms with E-state index in [1.807, 2.05) is 11.3 Å². The Balaban J connectivity index is 2.04. The zero-order valence-corrected chi connectivity index (χ0v) is 13.7. The van der Waals surface area contributed by atoms with Crippen LogP contribution in [0.4, 0.5) is 5.69 Å². The van der Waals surface area contributed by atoms with E-state index in [1.54, 1.807) is 0 Å². The average molecular weight is 287 g/mol. The lowest BCUT2D eigenvalue weighted by Crippen LogP contribution is -2.23. The SMILES string of the molecule is CC(C)(C)c1cc(NN2CCC=N2)cc2c1OCC2(C)C. The van der Waals surface area contributed by atoms with Crippen LogP contribution in [0, 0.1) is 0 Å². The van der Waals surface area contributed by atoms with E-state index in [0.29, 0.717) is 0 Å². The fourth-order valence-corrected chi connectivity index (χ4v) is 2.87. The zero-order chi connectivity index (χ0) is 15.3. The van der Waals surface area contributed by atoms with Gasteiger partial charge in [-0.05, 0) is 17.5 Å². The number of fused-ring (bicyclic) bond motifs is 1. The Bertz CT molecular complexity index is 584. The minimum Gasteiger partial charge on any atom is -0.492 e. The molecule has 0 fully saturated rings. The molecule has 0 spiro atoms. The fourth-order valence-electron chi connectivity index (χ4n) is 2.87. The summed E-state index contributed by atoms with van der Waals surface area (Å²) in [5.74, 6) is 1.07. The van der Waals surface area contributed by atoms with Crippen molar-refractivity contribution in [1.29, 1.82) is 0 Å². The minimum atomic E-state index is 0.0521. The van der Waals surface area contributed by atoms with E-state index in [2.05, 4.69) is 57.3 Å². The van der Waals surface area contributed by atoms with Crippen molar-refractivity contribution in [3.8, 4) is 5.75 Å². The maximum absolute atomic E-state index is 6.03. The Morgan fingerprint density at radius 3 is 2.67 bits per heavy atom. The third kappa shape index (κ3) is 2.59. The summed E-state index contributed by atoms with van der Waals surface area (Å²) in [6, 6.07) is 4.42. The highest BCUT2D eigenvalue weighted by atomic mass is 16.5. The number of nitrogens with one attached hydrogen (secondary N) is 1. The highest BCUT2D eigenvalue weighted by molar-refractivity contribution is 5.62. The van der Waals surface area contributed by atoms with Gasteiger partial charge in [-0.1, -0.05) is 34.6 Å². The third-order valence-electron chi connectivity index (χ3n) is 4.15. The lowest BCUT2D eigenvalue weighted by Gasteiger charge is -2.25. The molecule has 2 aliphatic rings. The molecule has 1 aromatic carbocycles. The van der Waals surface area contributed by atoms with Crippen molar-refractivity contribution < 1.29 is 4.74 Å². The second-order valence-electron chi connectivity index (χ2n) is 7.64. The van der Waals surface area contributed by atoms with E-state index in [1.165, 1.54) is 11.1 Å². The van der Waals surface area contributed by atoms with Gasteiger partial charge in [-0.25, -0.2) is 5.12 Å². The van der Waals surface area contributed by atoms with Crippen LogP contribution in [-0.4, -0.2) is 24.5 Å². The molecule has 0 amide bonds. The highest BCUT2D eigenvalue weighted by Gasteiger charge is 2.36. The highest BCUT2D eigenvalue weighted by Crippen LogP contribution is 2.46. The van der Waals surface area contributed by atoms with Crippen LogP contribution in [0.25, 0.3) is 0 Å². The van der Waals surface area contributed by atoms with Gasteiger partial charge in [0, 0.05) is 29.2 Å². The molecule has 114 valence electrons. The Hall–Kier alpha value is -1.71. The van der Waals surface area contributed by atoms with Gasteiger partial charge in [0.05, 0.1) is 18.8 Å². The van der Waals surface area contributed by atoms with E-state index in [-0.39, 0.29) is 10.8 Å². The van der Waals surface area contributed by atoms with Crippen LogP contribution in [0.3, 0.4) is 0 Å². The molecule has 0 aliphatic carbocycles. The summed E-state index contributed by atoms with van der Waals surface area (Å²) >= 11 is 0. The van der Waals surface area contributed by atoms with Gasteiger partial charge in [-0.2, -0.15) is 5.10 Å². The zero-order valence-electron chi connectivity index (χ0n) is 13.7. The van der Waals surface area contributed by atoms with E-state index in [0.717, 1.165) is 31.0 Å². The van der Waals surface area contributed by atoms with Gasteiger partial charge in [-0.15, -0.1) is 0 Å². The van der Waals surface area contributed by atoms with Crippen LogP contribution < -0.4 is 10.2 Å². The number of hydrazine groups is 1. The number of benzene rings is 1. The van der Waals surface area contributed by atoms with Gasteiger partial charge < -0.3 is 4.74 Å². The predicted molar refractivity (Wildman–Crippen MR) is 87.1 cm³/mol. The first-order valence-electron chi connectivity index (χ1n) is 7.66. The van der Waals surface area contributed by atoms with Crippen LogP contribution in [0.5, 0.6) is 5.75 Å². The van der Waals surface area contributed by atoms with E-state index in [9.17, 15) is 0 Å². The molecule has 1 aromatic rings. The van der Waals surface area contributed by atoms with Crippen molar-refractivity contribution >= 4 is 11.9 Å². The van der Waals surface area contributed by atoms with Crippen molar-refractivity contribution in [1.82, 2.24) is 5.12 Å². The van der Waals surface area contributed by atoms with Crippen molar-refractivity contribution in [2.45, 2.75) is 51.9 Å². The quantitative estimate of drug-likeness (QED) is 0.901. The predicted octanol–water partition coefficient (Wildman–Crippen LogP) is 3.67. The summed E-state index contributed by atoms with van der Waals surface area (Å²) in [5, 5.41) is 6.22. The third-order valence-corrected chi connectivity index (χ3v) is 4.15. The maximum Gasteiger partial charge on any atom is 0.127 e. The summed E-state index contributed by atoms with van der Waals surface area (Å²) in [6.07, 6.45) is 2.94. The number of rotatable bonds is 2. The average Bonchev–Trinajstić information content (AvgIpc) is 2.97. The first kappa shape index (κ1) is 14.2. The molecule has 0 radical (unpaired) electrons. The van der Waals surface area contributed by atoms with Gasteiger partial charge in [0.25, 0.3) is 0 Å². The molecule has 0 unspecified atom stereocenters. The van der Waals surface area contributed by atoms with Crippen molar-refractivity contribution in [3.63, 3.8) is 0 Å². The van der Waals surface area contributed by atoms with Gasteiger partial charge in [0.15, 0.2) is 0 Å². The van der Waals surface area contributed by atoms with Crippen LogP contribution in [0.15, 0.2) is 17.2 Å². The second kappa shape index (κ2) is 4.65. The number of anilines is 1. The fraction of sp³-hybridized carbons (Fsp3) is 0.588. The molecular formula is C17H25N3O. The number of hydrogen-bond donors (Lipinski definition) is 1. The molecule has 4 nitrogen and oxygen atoms in total. The van der Waals surface area contributed by atoms with Gasteiger partial charge in [-0.3, -0.25) is 5.43 Å². The van der Waals surface area contributed by atoms with Crippen LogP contribution in [-0.2, 0) is 10.8 Å². The molecule has 4 heteroatoms. The van der Waals surface area contributed by atoms with E-state index < -0.39 is 0 Å². The Morgan fingerprint density at radius 2 is 2.05 bits per heavy atom. The van der Waals surface area contributed by atoms with Crippen molar-refractivity contribution in [2.75, 3.05) is 18.6 Å². The van der Waals surface area contributed by atoms with Crippen molar-refractivity contribution in [2.24, 2.45) is 5.10 Å². The van der Waals surface area contributed by atoms with Gasteiger partial charge >= 0.3 is 0 Å². The standard InChI is InChI=1S/C17H25N3O/c1-16(2,3)13-9-12(19-20-8-6-7-18-20)10-14-15(13)21-11-17(14,4)5/h7,9-10,19H,6,8,11H2,1-5H3. The lowest BCUT2D eigenvalue weighted by molar-refractivity contribution is 0.286.